The van der Waals surface area contributed by atoms with Crippen molar-refractivity contribution in [2.24, 2.45) is 0 Å². The third kappa shape index (κ3) is 8.71. The Hall–Kier alpha value is -3.07. The number of anilines is 1. The lowest BCUT2D eigenvalue weighted by Gasteiger charge is -2.33. The molecule has 0 aliphatic carbocycles. The van der Waals surface area contributed by atoms with Crippen LogP contribution in [0.5, 0.6) is 0 Å². The van der Waals surface area contributed by atoms with Crippen LogP contribution in [0.3, 0.4) is 0 Å². The van der Waals surface area contributed by atoms with Gasteiger partial charge < -0.3 is 10.2 Å². The van der Waals surface area contributed by atoms with Crippen molar-refractivity contribution in [1.29, 1.82) is 0 Å². The van der Waals surface area contributed by atoms with E-state index in [9.17, 15) is 18.0 Å². The second-order valence-corrected chi connectivity index (χ2v) is 11.9. The normalized spacial score (nSPS) is 12.0. The van der Waals surface area contributed by atoms with Crippen LogP contribution in [0.25, 0.3) is 0 Å². The quantitative estimate of drug-likeness (QED) is 0.273. The van der Waals surface area contributed by atoms with Gasteiger partial charge in [0.15, 0.2) is 0 Å². The summed E-state index contributed by atoms with van der Waals surface area (Å²) in [6, 6.07) is 22.4. The summed E-state index contributed by atoms with van der Waals surface area (Å²) < 4.78 is 26.6. The molecule has 7 nitrogen and oxygen atoms in total. The Morgan fingerprint density at radius 2 is 1.51 bits per heavy atom. The Labute approximate surface area is 240 Å². The molecular formula is C29H33Cl2N3O4S. The summed E-state index contributed by atoms with van der Waals surface area (Å²) in [5, 5.41) is 3.13. The van der Waals surface area contributed by atoms with Gasteiger partial charge in [0.2, 0.25) is 21.8 Å². The molecule has 1 atom stereocenters. The number of benzene rings is 3. The number of sulfonamides is 1. The number of nitrogens with zero attached hydrogens (tertiary/aromatic N) is 2. The molecule has 208 valence electrons. The van der Waals surface area contributed by atoms with Crippen molar-refractivity contribution in [3.63, 3.8) is 0 Å². The molecule has 3 aromatic rings. The minimum absolute atomic E-state index is 0.0187. The van der Waals surface area contributed by atoms with E-state index < -0.39 is 28.5 Å². The number of carbonyl (C=O) groups excluding carboxylic acids is 2. The Balaban J connectivity index is 2.04. The van der Waals surface area contributed by atoms with Crippen molar-refractivity contribution in [3.8, 4) is 0 Å². The molecule has 39 heavy (non-hydrogen) atoms. The van der Waals surface area contributed by atoms with Gasteiger partial charge in [0.05, 0.1) is 22.0 Å². The van der Waals surface area contributed by atoms with E-state index in [0.717, 1.165) is 34.5 Å². The van der Waals surface area contributed by atoms with Crippen LogP contribution >= 0.6 is 23.2 Å². The summed E-state index contributed by atoms with van der Waals surface area (Å²) >= 11 is 12.5. The van der Waals surface area contributed by atoms with Crippen molar-refractivity contribution in [1.82, 2.24) is 10.2 Å². The summed E-state index contributed by atoms with van der Waals surface area (Å²) in [5.41, 5.74) is 1.76. The summed E-state index contributed by atoms with van der Waals surface area (Å²) in [5.74, 6) is -0.852. The standard InChI is InChI=1S/C29H33Cl2N3O4S/c1-3-4-18-32-29(36)26(19-22-12-7-5-8-13-22)33(20-23-14-9-6-10-15-23)27(35)21-34(39(2,37)38)25-17-11-16-24(30)28(25)31/h5-17,26H,3-4,18-21H2,1-2H3,(H,32,36)/t26-/m0/s1. The molecule has 0 heterocycles. The number of rotatable bonds is 13. The smallest absolute Gasteiger partial charge is 0.244 e. The number of carbonyl (C=O) groups is 2. The van der Waals surface area contributed by atoms with Crippen molar-refractivity contribution < 1.29 is 18.0 Å². The number of unbranched alkanes of at least 4 members (excludes halogenated alkanes) is 1. The zero-order chi connectivity index (χ0) is 28.4. The number of nitrogens with one attached hydrogen (secondary N) is 1. The predicted molar refractivity (Wildman–Crippen MR) is 157 cm³/mol. The molecule has 0 fully saturated rings. The monoisotopic (exact) mass is 589 g/mol. The number of halogens is 2. The fourth-order valence-electron chi connectivity index (χ4n) is 4.12. The molecule has 0 aliphatic heterocycles. The minimum Gasteiger partial charge on any atom is -0.354 e. The molecule has 1 N–H and O–H groups in total. The second-order valence-electron chi connectivity index (χ2n) is 9.20. The summed E-state index contributed by atoms with van der Waals surface area (Å²) in [6.07, 6.45) is 2.96. The first-order valence-electron chi connectivity index (χ1n) is 12.7. The van der Waals surface area contributed by atoms with Crippen molar-refractivity contribution in [2.75, 3.05) is 23.7 Å². The van der Waals surface area contributed by atoms with E-state index in [1.807, 2.05) is 67.6 Å². The van der Waals surface area contributed by atoms with Gasteiger partial charge in [-0.05, 0) is 29.7 Å². The largest absolute Gasteiger partial charge is 0.354 e. The Morgan fingerprint density at radius 3 is 2.10 bits per heavy atom. The summed E-state index contributed by atoms with van der Waals surface area (Å²) in [7, 11) is -3.94. The molecule has 10 heteroatoms. The lowest BCUT2D eigenvalue weighted by molar-refractivity contribution is -0.140. The lowest BCUT2D eigenvalue weighted by Crippen LogP contribution is -2.53. The average molecular weight is 591 g/mol. The molecule has 0 aromatic heterocycles. The minimum atomic E-state index is -3.94. The van der Waals surface area contributed by atoms with Gasteiger partial charge in [-0.2, -0.15) is 0 Å². The predicted octanol–water partition coefficient (Wildman–Crippen LogP) is 5.32. The number of hydrogen-bond acceptors (Lipinski definition) is 4. The van der Waals surface area contributed by atoms with Gasteiger partial charge in [-0.1, -0.05) is 103 Å². The van der Waals surface area contributed by atoms with Crippen LogP contribution in [0, 0.1) is 0 Å². The van der Waals surface area contributed by atoms with Crippen LogP contribution in [0.2, 0.25) is 10.0 Å². The molecule has 0 radical (unpaired) electrons. The van der Waals surface area contributed by atoms with E-state index in [1.165, 1.54) is 17.0 Å². The van der Waals surface area contributed by atoms with E-state index in [2.05, 4.69) is 5.32 Å². The van der Waals surface area contributed by atoms with Gasteiger partial charge in [-0.3, -0.25) is 13.9 Å². The molecule has 0 aliphatic rings. The van der Waals surface area contributed by atoms with Crippen molar-refractivity contribution in [3.05, 3.63) is 100 Å². The van der Waals surface area contributed by atoms with Crippen LogP contribution in [0.4, 0.5) is 5.69 Å². The second kappa shape index (κ2) is 14.4. The van der Waals surface area contributed by atoms with Gasteiger partial charge in [0, 0.05) is 19.5 Å². The molecule has 3 aromatic carbocycles. The SMILES string of the molecule is CCCCNC(=O)[C@H](Cc1ccccc1)N(Cc1ccccc1)C(=O)CN(c1cccc(Cl)c1Cl)S(C)(=O)=O. The van der Waals surface area contributed by atoms with Crippen molar-refractivity contribution in [2.45, 2.75) is 38.8 Å². The number of amides is 2. The highest BCUT2D eigenvalue weighted by Gasteiger charge is 2.33. The fraction of sp³-hybridized carbons (Fsp3) is 0.310. The van der Waals surface area contributed by atoms with Crippen molar-refractivity contribution >= 4 is 50.7 Å². The Morgan fingerprint density at radius 1 is 0.897 bits per heavy atom. The summed E-state index contributed by atoms with van der Waals surface area (Å²) in [6.45, 7) is 2.06. The third-order valence-corrected chi connectivity index (χ3v) is 8.11. The first-order valence-corrected chi connectivity index (χ1v) is 15.3. The average Bonchev–Trinajstić information content (AvgIpc) is 2.91. The topological polar surface area (TPSA) is 86.8 Å². The highest BCUT2D eigenvalue weighted by Crippen LogP contribution is 2.33. The third-order valence-electron chi connectivity index (χ3n) is 6.18. The first kappa shape index (κ1) is 30.5. The van der Waals surface area contributed by atoms with E-state index in [-0.39, 0.29) is 34.6 Å². The zero-order valence-electron chi connectivity index (χ0n) is 22.0. The van der Waals surface area contributed by atoms with E-state index in [4.69, 9.17) is 23.2 Å². The summed E-state index contributed by atoms with van der Waals surface area (Å²) in [4.78, 5) is 29.0. The van der Waals surface area contributed by atoms with Crippen LogP contribution in [0.1, 0.15) is 30.9 Å². The molecule has 0 unspecified atom stereocenters. The van der Waals surface area contributed by atoms with Crippen LogP contribution in [-0.4, -0.2) is 50.5 Å². The van der Waals surface area contributed by atoms with Gasteiger partial charge >= 0.3 is 0 Å². The maximum Gasteiger partial charge on any atom is 0.244 e. The highest BCUT2D eigenvalue weighted by molar-refractivity contribution is 7.92. The van der Waals surface area contributed by atoms with Gasteiger partial charge in [-0.25, -0.2) is 8.42 Å². The van der Waals surface area contributed by atoms with Gasteiger partial charge in [-0.15, -0.1) is 0 Å². The van der Waals surface area contributed by atoms with E-state index in [1.54, 1.807) is 6.07 Å². The molecule has 2 amide bonds. The van der Waals surface area contributed by atoms with Gasteiger partial charge in [0.25, 0.3) is 0 Å². The van der Waals surface area contributed by atoms with Crippen LogP contribution < -0.4 is 9.62 Å². The Bertz CT molecular complexity index is 1360. The molecule has 3 rings (SSSR count). The van der Waals surface area contributed by atoms with Gasteiger partial charge in [0.1, 0.15) is 12.6 Å². The lowest BCUT2D eigenvalue weighted by atomic mass is 10.0. The molecule has 0 spiro atoms. The zero-order valence-corrected chi connectivity index (χ0v) is 24.3. The van der Waals surface area contributed by atoms with E-state index in [0.29, 0.717) is 6.54 Å². The van der Waals surface area contributed by atoms with E-state index >= 15 is 0 Å². The fourth-order valence-corrected chi connectivity index (χ4v) is 5.42. The Kier molecular flexibility index (Phi) is 11.2. The first-order chi connectivity index (χ1) is 18.6. The van der Waals surface area contributed by atoms with Crippen LogP contribution in [-0.2, 0) is 32.6 Å². The maximum atomic E-state index is 14.0. The molecular weight excluding hydrogens is 557 g/mol. The maximum absolute atomic E-state index is 14.0. The molecule has 0 saturated carbocycles. The van der Waals surface area contributed by atoms with Crippen LogP contribution in [0.15, 0.2) is 78.9 Å². The molecule has 0 bridgehead atoms. The highest BCUT2D eigenvalue weighted by atomic mass is 35.5. The number of hydrogen-bond donors (Lipinski definition) is 1. The molecule has 0 saturated heterocycles.